The number of aromatic nitrogens is 2. The van der Waals surface area contributed by atoms with E-state index in [1.54, 1.807) is 37.3 Å². The van der Waals surface area contributed by atoms with Crippen molar-refractivity contribution in [2.24, 2.45) is 0 Å². The van der Waals surface area contributed by atoms with Gasteiger partial charge in [0, 0.05) is 29.3 Å². The van der Waals surface area contributed by atoms with Crippen molar-refractivity contribution in [1.82, 2.24) is 9.97 Å². The minimum absolute atomic E-state index is 0.113. The number of rotatable bonds is 8. The second kappa shape index (κ2) is 12.9. The summed E-state index contributed by atoms with van der Waals surface area (Å²) in [5.41, 5.74) is 13.6. The lowest BCUT2D eigenvalue weighted by atomic mass is 10.0. The summed E-state index contributed by atoms with van der Waals surface area (Å²) in [4.78, 5) is 51.8. The molecule has 202 valence electrons. The van der Waals surface area contributed by atoms with Crippen molar-refractivity contribution >= 4 is 45.1 Å². The maximum Gasteiger partial charge on any atom is 0.354 e. The Labute approximate surface area is 223 Å². The largest absolute Gasteiger partial charge is 0.477 e. The molecule has 0 saturated heterocycles. The number of pyridine rings is 2. The number of H-pyrrole nitrogens is 2. The SMILES string of the molecule is CCOC(=O)c1cc(=O)c2cccc(N)c2[nH]1.N#CCCCCCc1cc(N)c2[nH]c(C(=O)O)cc(=O)c2c1. The number of carbonyl (C=O) groups excluding carboxylic acids is 1. The van der Waals surface area contributed by atoms with Crippen molar-refractivity contribution in [2.75, 3.05) is 18.1 Å². The summed E-state index contributed by atoms with van der Waals surface area (Å²) in [5.74, 6) is -1.75. The maximum absolute atomic E-state index is 12.0. The van der Waals surface area contributed by atoms with E-state index < -0.39 is 11.9 Å². The van der Waals surface area contributed by atoms with Crippen molar-refractivity contribution in [1.29, 1.82) is 5.26 Å². The average Bonchev–Trinajstić information content (AvgIpc) is 2.90. The van der Waals surface area contributed by atoms with Gasteiger partial charge in [-0.15, -0.1) is 0 Å². The predicted molar refractivity (Wildman–Crippen MR) is 149 cm³/mol. The molecule has 0 spiro atoms. The number of hydrogen-bond donors (Lipinski definition) is 5. The molecule has 11 nitrogen and oxygen atoms in total. The van der Waals surface area contributed by atoms with Crippen LogP contribution in [-0.2, 0) is 11.2 Å². The second-order valence-electron chi connectivity index (χ2n) is 8.72. The summed E-state index contributed by atoms with van der Waals surface area (Å²) in [6.45, 7) is 1.95. The smallest absolute Gasteiger partial charge is 0.354 e. The number of carboxylic acids is 1. The van der Waals surface area contributed by atoms with Crippen LogP contribution in [0, 0.1) is 11.3 Å². The number of nitrogens with two attached hydrogens (primary N) is 2. The van der Waals surface area contributed by atoms with E-state index in [0.29, 0.717) is 39.6 Å². The first kappa shape index (κ1) is 28.5. The van der Waals surface area contributed by atoms with E-state index in [-0.39, 0.29) is 28.9 Å². The van der Waals surface area contributed by atoms with E-state index in [4.69, 9.17) is 26.6 Å². The number of aromatic amines is 2. The molecule has 11 heteroatoms. The normalized spacial score (nSPS) is 10.5. The number of fused-ring (bicyclic) bond motifs is 2. The van der Waals surface area contributed by atoms with Gasteiger partial charge in [0.25, 0.3) is 0 Å². The van der Waals surface area contributed by atoms with Crippen LogP contribution in [0.1, 0.15) is 59.1 Å². The molecule has 0 aliphatic rings. The van der Waals surface area contributed by atoms with E-state index in [1.807, 2.05) is 0 Å². The summed E-state index contributed by atoms with van der Waals surface area (Å²) in [7, 11) is 0. The third-order valence-electron chi connectivity index (χ3n) is 5.91. The fraction of sp³-hybridized carbons (Fsp3) is 0.250. The van der Waals surface area contributed by atoms with Crippen LogP contribution in [0.3, 0.4) is 0 Å². The fourth-order valence-corrected chi connectivity index (χ4v) is 4.02. The Morgan fingerprint density at radius 3 is 2.28 bits per heavy atom. The molecule has 39 heavy (non-hydrogen) atoms. The number of unbranched alkanes of at least 4 members (excludes halogenated alkanes) is 3. The van der Waals surface area contributed by atoms with Gasteiger partial charge in [-0.1, -0.05) is 12.5 Å². The van der Waals surface area contributed by atoms with Gasteiger partial charge >= 0.3 is 11.9 Å². The molecular formula is C28H29N5O6. The lowest BCUT2D eigenvalue weighted by molar-refractivity contribution is 0.0519. The highest BCUT2D eigenvalue weighted by Crippen LogP contribution is 2.21. The Hall–Kier alpha value is -5.11. The van der Waals surface area contributed by atoms with Gasteiger partial charge < -0.3 is 31.3 Å². The summed E-state index contributed by atoms with van der Waals surface area (Å²) in [6.07, 6.45) is 4.04. The zero-order valence-corrected chi connectivity index (χ0v) is 21.4. The van der Waals surface area contributed by atoms with Crippen molar-refractivity contribution in [2.45, 2.75) is 39.0 Å². The Morgan fingerprint density at radius 2 is 1.59 bits per heavy atom. The number of aromatic carboxylic acids is 1. The topological polar surface area (TPSA) is 205 Å². The maximum atomic E-state index is 12.0. The minimum atomic E-state index is -1.19. The summed E-state index contributed by atoms with van der Waals surface area (Å²) in [6, 6.07) is 12.9. The molecule has 0 unspecified atom stereocenters. The molecule has 0 atom stereocenters. The van der Waals surface area contributed by atoms with Crippen LogP contribution < -0.4 is 22.3 Å². The van der Waals surface area contributed by atoms with Crippen LogP contribution in [-0.4, -0.2) is 33.6 Å². The van der Waals surface area contributed by atoms with E-state index in [0.717, 1.165) is 37.3 Å². The molecule has 2 heterocycles. The fourth-order valence-electron chi connectivity index (χ4n) is 4.02. The molecule has 4 rings (SSSR count). The zero-order valence-electron chi connectivity index (χ0n) is 21.4. The average molecular weight is 532 g/mol. The highest BCUT2D eigenvalue weighted by Gasteiger charge is 2.12. The number of anilines is 2. The number of carboxylic acid groups (broad SMARTS) is 1. The van der Waals surface area contributed by atoms with E-state index in [2.05, 4.69) is 16.0 Å². The van der Waals surface area contributed by atoms with Gasteiger partial charge in [0.1, 0.15) is 11.4 Å². The van der Waals surface area contributed by atoms with Gasteiger partial charge in [0.2, 0.25) is 0 Å². The predicted octanol–water partition coefficient (Wildman–Crippen LogP) is 3.72. The number of ether oxygens (including phenoxy) is 1. The molecule has 7 N–H and O–H groups in total. The Kier molecular flexibility index (Phi) is 9.43. The number of carbonyl (C=O) groups is 2. The molecular weight excluding hydrogens is 502 g/mol. The van der Waals surface area contributed by atoms with Crippen molar-refractivity contribution in [3.05, 3.63) is 79.9 Å². The number of nitrogens with one attached hydrogen (secondary N) is 2. The molecule has 2 aromatic heterocycles. The van der Waals surface area contributed by atoms with E-state index in [9.17, 15) is 19.2 Å². The van der Waals surface area contributed by atoms with Crippen molar-refractivity contribution < 1.29 is 19.4 Å². The first-order valence-corrected chi connectivity index (χ1v) is 12.3. The van der Waals surface area contributed by atoms with Gasteiger partial charge in [-0.05, 0) is 56.0 Å². The first-order valence-electron chi connectivity index (χ1n) is 12.3. The number of nitriles is 1. The number of esters is 1. The van der Waals surface area contributed by atoms with Gasteiger partial charge in [-0.25, -0.2) is 9.59 Å². The van der Waals surface area contributed by atoms with Gasteiger partial charge in [0.05, 0.1) is 35.1 Å². The summed E-state index contributed by atoms with van der Waals surface area (Å²) in [5, 5.41) is 18.3. The Balaban J connectivity index is 0.000000223. The molecule has 0 aliphatic carbocycles. The third-order valence-corrected chi connectivity index (χ3v) is 5.91. The first-order chi connectivity index (χ1) is 18.7. The lowest BCUT2D eigenvalue weighted by Crippen LogP contribution is -2.13. The van der Waals surface area contributed by atoms with Gasteiger partial charge in [-0.3, -0.25) is 9.59 Å². The van der Waals surface area contributed by atoms with Crippen LogP contribution in [0.5, 0.6) is 0 Å². The molecule has 0 bridgehead atoms. The number of hydrogen-bond acceptors (Lipinski definition) is 8. The van der Waals surface area contributed by atoms with Gasteiger partial charge in [0.15, 0.2) is 10.9 Å². The molecule has 4 aromatic rings. The van der Waals surface area contributed by atoms with Gasteiger partial charge in [-0.2, -0.15) is 5.26 Å². The summed E-state index contributed by atoms with van der Waals surface area (Å²) < 4.78 is 4.82. The van der Waals surface area contributed by atoms with E-state index >= 15 is 0 Å². The highest BCUT2D eigenvalue weighted by atomic mass is 16.5. The summed E-state index contributed by atoms with van der Waals surface area (Å²) >= 11 is 0. The molecule has 0 amide bonds. The monoisotopic (exact) mass is 531 g/mol. The molecule has 2 aromatic carbocycles. The standard InChI is InChI=1S/C16H17N3O3.C12H12N2O3/c17-6-4-2-1-3-5-10-7-11-14(20)9-13(16(21)22)19-15(11)12(18)8-10;1-2-17-12(16)9-6-10(15)7-4-3-5-8(13)11(7)14-9/h7-9H,1-5,18H2,(H,19,20)(H,21,22);3-6H,2,13H2,1H3,(H,14,15). The number of nitrogen functional groups attached to an aromatic ring is 2. The number of aryl methyl sites for hydroxylation is 1. The van der Waals surface area contributed by atoms with Crippen molar-refractivity contribution in [3.63, 3.8) is 0 Å². The lowest BCUT2D eigenvalue weighted by Gasteiger charge is -2.08. The highest BCUT2D eigenvalue weighted by molar-refractivity contribution is 5.95. The Morgan fingerprint density at radius 1 is 0.923 bits per heavy atom. The number of nitrogens with zero attached hydrogens (tertiary/aromatic N) is 1. The minimum Gasteiger partial charge on any atom is -0.477 e. The Bertz CT molecular complexity index is 1680. The number of benzene rings is 2. The van der Waals surface area contributed by atoms with Crippen LogP contribution >= 0.6 is 0 Å². The van der Waals surface area contributed by atoms with Crippen LogP contribution in [0.4, 0.5) is 11.4 Å². The van der Waals surface area contributed by atoms with Crippen LogP contribution in [0.25, 0.3) is 21.8 Å². The quantitative estimate of drug-likeness (QED) is 0.127. The number of para-hydroxylation sites is 1. The zero-order chi connectivity index (χ0) is 28.5. The molecule has 0 fully saturated rings. The molecule has 0 radical (unpaired) electrons. The second-order valence-corrected chi connectivity index (χ2v) is 8.72. The van der Waals surface area contributed by atoms with Crippen molar-refractivity contribution in [3.8, 4) is 6.07 Å². The van der Waals surface area contributed by atoms with Crippen LogP contribution in [0.15, 0.2) is 52.1 Å². The third kappa shape index (κ3) is 7.01. The van der Waals surface area contributed by atoms with E-state index in [1.165, 1.54) is 6.07 Å². The molecule has 0 aliphatic heterocycles. The molecule has 0 saturated carbocycles. The van der Waals surface area contributed by atoms with Crippen LogP contribution in [0.2, 0.25) is 0 Å².